The standard InChI is InChI=1S/C16H15BrN2S/c1-10-7-8-12(17)14(9-10)18-11(2)16-19-13-5-3-4-6-15(13)20-16/h3-9,11,18H,1-2H3. The first-order valence-electron chi connectivity index (χ1n) is 6.51. The van der Waals surface area contributed by atoms with Crippen molar-refractivity contribution in [2.45, 2.75) is 19.9 Å². The molecular weight excluding hydrogens is 332 g/mol. The lowest BCUT2D eigenvalue weighted by molar-refractivity contribution is 0.873. The Morgan fingerprint density at radius 2 is 2.00 bits per heavy atom. The molecule has 1 heterocycles. The van der Waals surface area contributed by atoms with Crippen molar-refractivity contribution in [2.24, 2.45) is 0 Å². The molecule has 0 amide bonds. The number of para-hydroxylation sites is 1. The SMILES string of the molecule is Cc1ccc(Br)c(NC(C)c2nc3ccccc3s2)c1. The molecule has 2 aromatic carbocycles. The number of benzene rings is 2. The van der Waals surface area contributed by atoms with Gasteiger partial charge in [0.2, 0.25) is 0 Å². The Morgan fingerprint density at radius 1 is 1.20 bits per heavy atom. The van der Waals surface area contributed by atoms with Gasteiger partial charge in [0.25, 0.3) is 0 Å². The number of aryl methyl sites for hydroxylation is 1. The maximum atomic E-state index is 4.70. The lowest BCUT2D eigenvalue weighted by Gasteiger charge is -2.14. The molecule has 20 heavy (non-hydrogen) atoms. The van der Waals surface area contributed by atoms with Crippen LogP contribution in [0.15, 0.2) is 46.9 Å². The highest BCUT2D eigenvalue weighted by atomic mass is 79.9. The minimum absolute atomic E-state index is 0.186. The molecule has 0 aliphatic rings. The highest BCUT2D eigenvalue weighted by molar-refractivity contribution is 9.10. The minimum atomic E-state index is 0.186. The summed E-state index contributed by atoms with van der Waals surface area (Å²) in [6.07, 6.45) is 0. The Hall–Kier alpha value is -1.39. The van der Waals surface area contributed by atoms with Crippen LogP contribution in [0.2, 0.25) is 0 Å². The summed E-state index contributed by atoms with van der Waals surface area (Å²) in [6, 6.07) is 14.8. The van der Waals surface area contributed by atoms with Gasteiger partial charge in [0.15, 0.2) is 0 Å². The Bertz CT molecular complexity index is 718. The topological polar surface area (TPSA) is 24.9 Å². The summed E-state index contributed by atoms with van der Waals surface area (Å²) in [6.45, 7) is 4.24. The number of hydrogen-bond acceptors (Lipinski definition) is 3. The zero-order chi connectivity index (χ0) is 14.1. The minimum Gasteiger partial charge on any atom is -0.375 e. The van der Waals surface area contributed by atoms with Gasteiger partial charge in [-0.15, -0.1) is 11.3 Å². The van der Waals surface area contributed by atoms with Crippen LogP contribution in [-0.2, 0) is 0 Å². The summed E-state index contributed by atoms with van der Waals surface area (Å²) in [5.41, 5.74) is 3.42. The third-order valence-electron chi connectivity index (χ3n) is 3.17. The molecule has 0 fully saturated rings. The Morgan fingerprint density at radius 3 is 2.80 bits per heavy atom. The van der Waals surface area contributed by atoms with Crippen molar-refractivity contribution in [2.75, 3.05) is 5.32 Å². The van der Waals surface area contributed by atoms with Gasteiger partial charge in [0.1, 0.15) is 5.01 Å². The number of hydrogen-bond donors (Lipinski definition) is 1. The Labute approximate surface area is 131 Å². The van der Waals surface area contributed by atoms with Crippen LogP contribution in [0, 0.1) is 6.92 Å². The van der Waals surface area contributed by atoms with E-state index < -0.39 is 0 Å². The predicted octanol–water partition coefficient (Wildman–Crippen LogP) is 5.54. The normalized spacial score (nSPS) is 12.6. The molecule has 3 aromatic rings. The second-order valence-electron chi connectivity index (χ2n) is 4.87. The van der Waals surface area contributed by atoms with Gasteiger partial charge in [0, 0.05) is 10.2 Å². The van der Waals surface area contributed by atoms with Gasteiger partial charge < -0.3 is 5.32 Å². The van der Waals surface area contributed by atoms with Crippen LogP contribution in [0.1, 0.15) is 23.5 Å². The van der Waals surface area contributed by atoms with E-state index in [1.165, 1.54) is 10.3 Å². The van der Waals surface area contributed by atoms with Crippen molar-refractivity contribution >= 4 is 43.2 Å². The number of thiazole rings is 1. The molecule has 1 atom stereocenters. The second-order valence-corrected chi connectivity index (χ2v) is 6.79. The zero-order valence-corrected chi connectivity index (χ0v) is 13.8. The van der Waals surface area contributed by atoms with Gasteiger partial charge in [-0.2, -0.15) is 0 Å². The van der Waals surface area contributed by atoms with Crippen molar-refractivity contribution in [1.29, 1.82) is 0 Å². The quantitative estimate of drug-likeness (QED) is 0.673. The maximum Gasteiger partial charge on any atom is 0.116 e. The van der Waals surface area contributed by atoms with Gasteiger partial charge in [-0.05, 0) is 59.6 Å². The van der Waals surface area contributed by atoms with Crippen LogP contribution in [0.25, 0.3) is 10.2 Å². The van der Waals surface area contributed by atoms with Crippen molar-refractivity contribution < 1.29 is 0 Å². The molecule has 102 valence electrons. The first-order valence-corrected chi connectivity index (χ1v) is 8.12. The van der Waals surface area contributed by atoms with Gasteiger partial charge >= 0.3 is 0 Å². The summed E-state index contributed by atoms with van der Waals surface area (Å²) in [4.78, 5) is 4.70. The van der Waals surface area contributed by atoms with E-state index in [0.717, 1.165) is 20.7 Å². The van der Waals surface area contributed by atoms with Crippen LogP contribution in [-0.4, -0.2) is 4.98 Å². The molecule has 0 aliphatic heterocycles. The van der Waals surface area contributed by atoms with Crippen molar-refractivity contribution in [3.8, 4) is 0 Å². The van der Waals surface area contributed by atoms with E-state index in [0.29, 0.717) is 0 Å². The lowest BCUT2D eigenvalue weighted by Crippen LogP contribution is -2.06. The summed E-state index contributed by atoms with van der Waals surface area (Å²) < 4.78 is 2.32. The second kappa shape index (κ2) is 5.54. The fourth-order valence-corrected chi connectivity index (χ4v) is 3.45. The third-order valence-corrected chi connectivity index (χ3v) is 5.09. The number of fused-ring (bicyclic) bond motifs is 1. The molecule has 2 nitrogen and oxygen atoms in total. The Balaban J connectivity index is 1.88. The molecule has 0 saturated carbocycles. The number of nitrogens with zero attached hydrogens (tertiary/aromatic N) is 1. The van der Waals surface area contributed by atoms with Gasteiger partial charge in [-0.25, -0.2) is 4.98 Å². The van der Waals surface area contributed by atoms with Gasteiger partial charge in [0.05, 0.1) is 16.3 Å². The van der Waals surface area contributed by atoms with Crippen LogP contribution >= 0.6 is 27.3 Å². The number of rotatable bonds is 3. The van der Waals surface area contributed by atoms with Gasteiger partial charge in [-0.1, -0.05) is 18.2 Å². The molecule has 1 unspecified atom stereocenters. The van der Waals surface area contributed by atoms with E-state index in [1.807, 2.05) is 6.07 Å². The molecule has 4 heteroatoms. The first-order chi connectivity index (χ1) is 9.63. The maximum absolute atomic E-state index is 4.70. The van der Waals surface area contributed by atoms with Gasteiger partial charge in [-0.3, -0.25) is 0 Å². The predicted molar refractivity (Wildman–Crippen MR) is 90.5 cm³/mol. The van der Waals surface area contributed by atoms with E-state index in [2.05, 4.69) is 71.5 Å². The van der Waals surface area contributed by atoms with Crippen molar-refractivity contribution in [3.63, 3.8) is 0 Å². The zero-order valence-electron chi connectivity index (χ0n) is 11.4. The molecule has 1 aromatic heterocycles. The molecule has 0 bridgehead atoms. The summed E-state index contributed by atoms with van der Waals surface area (Å²) in [5.74, 6) is 0. The van der Waals surface area contributed by atoms with Crippen molar-refractivity contribution in [1.82, 2.24) is 4.98 Å². The smallest absolute Gasteiger partial charge is 0.116 e. The van der Waals surface area contributed by atoms with Crippen LogP contribution in [0.4, 0.5) is 5.69 Å². The fraction of sp³-hybridized carbons (Fsp3) is 0.188. The van der Waals surface area contributed by atoms with E-state index in [-0.39, 0.29) is 6.04 Å². The lowest BCUT2D eigenvalue weighted by atomic mass is 10.2. The average Bonchev–Trinajstić information content (AvgIpc) is 2.87. The molecule has 0 aliphatic carbocycles. The highest BCUT2D eigenvalue weighted by Crippen LogP contribution is 2.31. The first kappa shape index (κ1) is 13.6. The number of halogens is 1. The summed E-state index contributed by atoms with van der Waals surface area (Å²) in [5, 5.41) is 4.64. The monoisotopic (exact) mass is 346 g/mol. The van der Waals surface area contributed by atoms with E-state index in [4.69, 9.17) is 4.98 Å². The van der Waals surface area contributed by atoms with E-state index in [9.17, 15) is 0 Å². The van der Waals surface area contributed by atoms with Crippen LogP contribution in [0.3, 0.4) is 0 Å². The average molecular weight is 347 g/mol. The molecule has 0 saturated heterocycles. The molecular formula is C16H15BrN2S. The molecule has 0 spiro atoms. The van der Waals surface area contributed by atoms with E-state index in [1.54, 1.807) is 11.3 Å². The fourth-order valence-electron chi connectivity index (χ4n) is 2.12. The Kier molecular flexibility index (Phi) is 3.76. The van der Waals surface area contributed by atoms with Crippen molar-refractivity contribution in [3.05, 3.63) is 57.5 Å². The third kappa shape index (κ3) is 2.72. The largest absolute Gasteiger partial charge is 0.375 e. The van der Waals surface area contributed by atoms with E-state index >= 15 is 0 Å². The number of nitrogens with one attached hydrogen (secondary N) is 1. The molecule has 3 rings (SSSR count). The molecule has 1 N–H and O–H groups in total. The summed E-state index contributed by atoms with van der Waals surface area (Å²) >= 11 is 5.33. The number of aromatic nitrogens is 1. The highest BCUT2D eigenvalue weighted by Gasteiger charge is 2.12. The molecule has 0 radical (unpaired) electrons. The van der Waals surface area contributed by atoms with Crippen LogP contribution < -0.4 is 5.32 Å². The summed E-state index contributed by atoms with van der Waals surface area (Å²) in [7, 11) is 0. The number of anilines is 1. The van der Waals surface area contributed by atoms with Crippen LogP contribution in [0.5, 0.6) is 0 Å².